The van der Waals surface area contributed by atoms with Crippen LogP contribution in [-0.2, 0) is 6.61 Å². The molecular weight excluding hydrogens is 391 g/mol. The van der Waals surface area contributed by atoms with E-state index in [1.807, 2.05) is 6.92 Å². The number of nitrogens with zero attached hydrogens (tertiary/aromatic N) is 3. The number of carbonyl (C=O) groups is 1. The zero-order valence-electron chi connectivity index (χ0n) is 17.1. The molecule has 0 atom stereocenters. The Hall–Kier alpha value is -2.03. The smallest absolute Gasteiger partial charge is 0.263 e. The highest BCUT2D eigenvalue weighted by atomic mass is 32.1. The molecule has 0 aliphatic carbocycles. The van der Waals surface area contributed by atoms with Crippen molar-refractivity contribution in [3.8, 4) is 5.75 Å². The Kier molecular flexibility index (Phi) is 7.97. The molecule has 2 heterocycles. The summed E-state index contributed by atoms with van der Waals surface area (Å²) in [4.78, 5) is 22.5. The Labute approximate surface area is 175 Å². The molecule has 6 nitrogen and oxygen atoms in total. The lowest BCUT2D eigenvalue weighted by Crippen LogP contribution is -2.46. The molecule has 3 rings (SSSR count). The monoisotopic (exact) mass is 420 g/mol. The number of piperazine rings is 1. The summed E-state index contributed by atoms with van der Waals surface area (Å²) in [6.07, 6.45) is 0.941. The topological polar surface area (TPSA) is 57.7 Å². The molecule has 8 heteroatoms. The molecule has 1 aromatic carbocycles. The van der Waals surface area contributed by atoms with Crippen molar-refractivity contribution in [2.45, 2.75) is 26.9 Å². The number of hydrogen-bond acceptors (Lipinski definition) is 6. The molecule has 1 saturated heterocycles. The van der Waals surface area contributed by atoms with E-state index in [1.165, 1.54) is 23.5 Å². The van der Waals surface area contributed by atoms with E-state index in [1.54, 1.807) is 12.1 Å². The molecule has 1 aliphatic heterocycles. The molecule has 0 radical (unpaired) electrons. The van der Waals surface area contributed by atoms with Crippen LogP contribution in [0.15, 0.2) is 24.3 Å². The Balaban J connectivity index is 1.39. The van der Waals surface area contributed by atoms with E-state index >= 15 is 0 Å². The molecule has 1 fully saturated rings. The number of nitrogens with one attached hydrogen (secondary N) is 1. The summed E-state index contributed by atoms with van der Waals surface area (Å²) in [5.41, 5.74) is 0.709. The summed E-state index contributed by atoms with van der Waals surface area (Å²) in [6, 6.07) is 5.85. The van der Waals surface area contributed by atoms with Crippen molar-refractivity contribution in [1.29, 1.82) is 0 Å². The number of benzene rings is 1. The lowest BCUT2D eigenvalue weighted by Gasteiger charge is -2.33. The van der Waals surface area contributed by atoms with Crippen LogP contribution in [0.5, 0.6) is 5.75 Å². The SMILES string of the molecule is CCN1CCN(CCCNC(=O)c2sc(COc3ccc(F)cc3)nc2C)CC1. The molecule has 0 unspecified atom stereocenters. The number of amides is 1. The molecule has 2 aromatic rings. The van der Waals surface area contributed by atoms with Gasteiger partial charge in [0, 0.05) is 32.7 Å². The van der Waals surface area contributed by atoms with E-state index in [2.05, 4.69) is 27.0 Å². The lowest BCUT2D eigenvalue weighted by molar-refractivity contribution is 0.0951. The Morgan fingerprint density at radius 1 is 1.21 bits per heavy atom. The average molecular weight is 421 g/mol. The minimum Gasteiger partial charge on any atom is -0.486 e. The highest BCUT2D eigenvalue weighted by molar-refractivity contribution is 7.13. The second-order valence-electron chi connectivity index (χ2n) is 7.15. The normalized spacial score (nSPS) is 15.4. The van der Waals surface area contributed by atoms with Crippen LogP contribution in [0.4, 0.5) is 4.39 Å². The standard InChI is InChI=1S/C21H29FN4O2S/c1-3-25-11-13-26(14-12-25)10-4-9-23-21(27)20-16(2)24-19(29-20)15-28-18-7-5-17(22)6-8-18/h5-8H,3-4,9-15H2,1-2H3,(H,23,27). The van der Waals surface area contributed by atoms with E-state index in [0.717, 1.165) is 50.7 Å². The van der Waals surface area contributed by atoms with Gasteiger partial charge in [0.2, 0.25) is 0 Å². The molecule has 1 amide bonds. The third-order valence-corrected chi connectivity index (χ3v) is 6.20. The summed E-state index contributed by atoms with van der Waals surface area (Å²) >= 11 is 1.34. The highest BCUT2D eigenvalue weighted by Crippen LogP contribution is 2.20. The minimum absolute atomic E-state index is 0.0798. The van der Waals surface area contributed by atoms with Crippen molar-refractivity contribution >= 4 is 17.2 Å². The van der Waals surface area contributed by atoms with Gasteiger partial charge in [-0.25, -0.2) is 9.37 Å². The number of ether oxygens (including phenoxy) is 1. The summed E-state index contributed by atoms with van der Waals surface area (Å²) in [5.74, 6) is 0.193. The van der Waals surface area contributed by atoms with Gasteiger partial charge in [-0.3, -0.25) is 4.79 Å². The molecule has 0 saturated carbocycles. The molecule has 0 spiro atoms. The first-order valence-electron chi connectivity index (χ1n) is 10.1. The number of halogens is 1. The quantitative estimate of drug-likeness (QED) is 0.632. The number of rotatable bonds is 9. The second-order valence-corrected chi connectivity index (χ2v) is 8.23. The first kappa shape index (κ1) is 21.7. The van der Waals surface area contributed by atoms with Crippen molar-refractivity contribution in [2.75, 3.05) is 45.8 Å². The van der Waals surface area contributed by atoms with E-state index in [-0.39, 0.29) is 18.3 Å². The maximum absolute atomic E-state index is 12.9. The summed E-state index contributed by atoms with van der Waals surface area (Å²) in [6.45, 7) is 11.6. The number of carbonyl (C=O) groups excluding carboxylic acids is 1. The number of hydrogen-bond donors (Lipinski definition) is 1. The number of aryl methyl sites for hydroxylation is 1. The van der Waals surface area contributed by atoms with Crippen LogP contribution < -0.4 is 10.1 Å². The first-order valence-corrected chi connectivity index (χ1v) is 10.9. The van der Waals surface area contributed by atoms with Gasteiger partial charge in [-0.05, 0) is 50.7 Å². The van der Waals surface area contributed by atoms with Gasteiger partial charge in [-0.2, -0.15) is 0 Å². The molecule has 1 aromatic heterocycles. The average Bonchev–Trinajstić information content (AvgIpc) is 3.12. The third-order valence-electron chi connectivity index (χ3n) is 5.07. The predicted octanol–water partition coefficient (Wildman–Crippen LogP) is 2.93. The summed E-state index contributed by atoms with van der Waals surface area (Å²) in [7, 11) is 0. The van der Waals surface area contributed by atoms with Crippen LogP contribution in [0.3, 0.4) is 0 Å². The summed E-state index contributed by atoms with van der Waals surface area (Å²) in [5, 5.41) is 3.73. The second kappa shape index (κ2) is 10.7. The van der Waals surface area contributed by atoms with Crippen LogP contribution in [0.25, 0.3) is 0 Å². The van der Waals surface area contributed by atoms with E-state index in [4.69, 9.17) is 4.74 Å². The fourth-order valence-electron chi connectivity index (χ4n) is 3.31. The van der Waals surface area contributed by atoms with Crippen LogP contribution >= 0.6 is 11.3 Å². The Morgan fingerprint density at radius 3 is 2.59 bits per heavy atom. The van der Waals surface area contributed by atoms with Crippen LogP contribution in [-0.4, -0.2) is 66.5 Å². The van der Waals surface area contributed by atoms with Gasteiger partial charge in [-0.1, -0.05) is 6.92 Å². The largest absolute Gasteiger partial charge is 0.486 e. The van der Waals surface area contributed by atoms with Gasteiger partial charge in [0.25, 0.3) is 5.91 Å². The fraction of sp³-hybridized carbons (Fsp3) is 0.524. The van der Waals surface area contributed by atoms with Gasteiger partial charge < -0.3 is 19.9 Å². The van der Waals surface area contributed by atoms with E-state index in [0.29, 0.717) is 22.9 Å². The molecule has 1 aliphatic rings. The Morgan fingerprint density at radius 2 is 1.90 bits per heavy atom. The van der Waals surface area contributed by atoms with Crippen LogP contribution in [0.1, 0.15) is 33.7 Å². The zero-order chi connectivity index (χ0) is 20.6. The van der Waals surface area contributed by atoms with Crippen LogP contribution in [0, 0.1) is 12.7 Å². The van der Waals surface area contributed by atoms with Crippen molar-refractivity contribution in [1.82, 2.24) is 20.1 Å². The number of thiazole rings is 1. The Bertz CT molecular complexity index is 788. The van der Waals surface area contributed by atoms with Crippen molar-refractivity contribution < 1.29 is 13.9 Å². The van der Waals surface area contributed by atoms with Crippen molar-refractivity contribution in [3.63, 3.8) is 0 Å². The first-order chi connectivity index (χ1) is 14.0. The number of aromatic nitrogens is 1. The lowest BCUT2D eigenvalue weighted by atomic mass is 10.3. The molecule has 158 valence electrons. The van der Waals surface area contributed by atoms with Crippen LogP contribution in [0.2, 0.25) is 0 Å². The summed E-state index contributed by atoms with van der Waals surface area (Å²) < 4.78 is 18.6. The third kappa shape index (κ3) is 6.48. The molecular formula is C21H29FN4O2S. The molecule has 0 bridgehead atoms. The maximum atomic E-state index is 12.9. The zero-order valence-corrected chi connectivity index (χ0v) is 17.9. The number of likely N-dealkylation sites (N-methyl/N-ethyl adjacent to an activating group) is 1. The highest BCUT2D eigenvalue weighted by Gasteiger charge is 2.17. The van der Waals surface area contributed by atoms with Gasteiger partial charge in [0.05, 0.1) is 5.69 Å². The minimum atomic E-state index is -0.301. The predicted molar refractivity (Wildman–Crippen MR) is 113 cm³/mol. The molecule has 1 N–H and O–H groups in total. The van der Waals surface area contributed by atoms with E-state index < -0.39 is 0 Å². The molecule has 29 heavy (non-hydrogen) atoms. The van der Waals surface area contributed by atoms with E-state index in [9.17, 15) is 9.18 Å². The fourth-order valence-corrected chi connectivity index (χ4v) is 4.21. The van der Waals surface area contributed by atoms with Gasteiger partial charge >= 0.3 is 0 Å². The van der Waals surface area contributed by atoms with Gasteiger partial charge in [0.1, 0.15) is 28.1 Å². The van der Waals surface area contributed by atoms with Crippen molar-refractivity contribution in [2.24, 2.45) is 0 Å². The maximum Gasteiger partial charge on any atom is 0.263 e. The van der Waals surface area contributed by atoms with Gasteiger partial charge in [0.15, 0.2) is 0 Å². The van der Waals surface area contributed by atoms with Crippen molar-refractivity contribution in [3.05, 3.63) is 45.7 Å². The van der Waals surface area contributed by atoms with Gasteiger partial charge in [-0.15, -0.1) is 11.3 Å².